The molecular weight excluding hydrogens is 262 g/mol. The fourth-order valence-corrected chi connectivity index (χ4v) is 2.96. The normalized spacial score (nSPS) is 15.1. The molecule has 0 fully saturated rings. The lowest BCUT2D eigenvalue weighted by Gasteiger charge is -2.13. The molecule has 0 bridgehead atoms. The fourth-order valence-electron chi connectivity index (χ4n) is 2.96. The number of nitrogens with zero attached hydrogens (tertiary/aromatic N) is 3. The molecule has 0 radical (unpaired) electrons. The minimum atomic E-state index is 0.909. The summed E-state index contributed by atoms with van der Waals surface area (Å²) >= 11 is 0. The summed E-state index contributed by atoms with van der Waals surface area (Å²) in [6.45, 7) is 1.08. The van der Waals surface area contributed by atoms with E-state index in [1.54, 1.807) is 7.11 Å². The van der Waals surface area contributed by atoms with E-state index in [1.165, 1.54) is 37.1 Å². The van der Waals surface area contributed by atoms with Crippen LogP contribution in [0.1, 0.15) is 42.9 Å². The van der Waals surface area contributed by atoms with Crippen molar-refractivity contribution in [3.8, 4) is 5.75 Å². The Hall–Kier alpha value is -1.84. The fraction of sp³-hybridized carbons (Fsp3) is 0.529. The number of aromatic nitrogens is 3. The van der Waals surface area contributed by atoms with Gasteiger partial charge in [-0.05, 0) is 37.0 Å². The Morgan fingerprint density at radius 1 is 1.00 bits per heavy atom. The van der Waals surface area contributed by atoms with Gasteiger partial charge >= 0.3 is 0 Å². The molecule has 0 N–H and O–H groups in total. The van der Waals surface area contributed by atoms with Gasteiger partial charge in [-0.15, -0.1) is 10.2 Å². The molecule has 0 saturated carbocycles. The van der Waals surface area contributed by atoms with E-state index < -0.39 is 0 Å². The molecule has 4 heteroatoms. The van der Waals surface area contributed by atoms with Crippen molar-refractivity contribution in [3.63, 3.8) is 0 Å². The third kappa shape index (κ3) is 3.43. The van der Waals surface area contributed by atoms with E-state index in [4.69, 9.17) is 4.74 Å². The highest BCUT2D eigenvalue weighted by molar-refractivity contribution is 5.27. The molecule has 2 heterocycles. The number of hydrogen-bond acceptors (Lipinski definition) is 3. The first kappa shape index (κ1) is 14.1. The third-order valence-electron chi connectivity index (χ3n) is 4.23. The Bertz CT molecular complexity index is 574. The van der Waals surface area contributed by atoms with Crippen molar-refractivity contribution in [1.82, 2.24) is 14.8 Å². The van der Waals surface area contributed by atoms with E-state index in [-0.39, 0.29) is 0 Å². The average Bonchev–Trinajstić information content (AvgIpc) is 2.86. The van der Waals surface area contributed by atoms with Gasteiger partial charge in [0.1, 0.15) is 17.4 Å². The molecule has 1 aliphatic rings. The van der Waals surface area contributed by atoms with Gasteiger partial charge in [-0.3, -0.25) is 0 Å². The molecule has 112 valence electrons. The summed E-state index contributed by atoms with van der Waals surface area (Å²) in [5.41, 5.74) is 1.32. The van der Waals surface area contributed by atoms with Crippen molar-refractivity contribution in [1.29, 1.82) is 0 Å². The Balaban J connectivity index is 1.67. The van der Waals surface area contributed by atoms with Crippen LogP contribution in [0.25, 0.3) is 0 Å². The highest BCUT2D eigenvalue weighted by Crippen LogP contribution is 2.17. The summed E-state index contributed by atoms with van der Waals surface area (Å²) in [5.74, 6) is 3.23. The SMILES string of the molecule is COc1ccc(CCc2nnc3n2CCCCCC3)cc1. The van der Waals surface area contributed by atoms with Gasteiger partial charge in [-0.1, -0.05) is 25.0 Å². The van der Waals surface area contributed by atoms with E-state index in [1.807, 2.05) is 12.1 Å². The predicted octanol–water partition coefficient (Wildman–Crippen LogP) is 3.19. The van der Waals surface area contributed by atoms with Gasteiger partial charge in [0.05, 0.1) is 7.11 Å². The average molecular weight is 285 g/mol. The van der Waals surface area contributed by atoms with Gasteiger partial charge in [0.2, 0.25) is 0 Å². The number of rotatable bonds is 4. The summed E-state index contributed by atoms with van der Waals surface area (Å²) in [6.07, 6.45) is 8.19. The molecule has 0 spiro atoms. The van der Waals surface area contributed by atoms with Gasteiger partial charge in [-0.2, -0.15) is 0 Å². The summed E-state index contributed by atoms with van der Waals surface area (Å²) in [5, 5.41) is 8.81. The van der Waals surface area contributed by atoms with E-state index in [9.17, 15) is 0 Å². The smallest absolute Gasteiger partial charge is 0.133 e. The molecule has 1 aromatic heterocycles. The minimum Gasteiger partial charge on any atom is -0.497 e. The van der Waals surface area contributed by atoms with Crippen LogP contribution in [0.3, 0.4) is 0 Å². The van der Waals surface area contributed by atoms with Gasteiger partial charge in [0, 0.05) is 19.4 Å². The van der Waals surface area contributed by atoms with E-state index in [2.05, 4.69) is 26.9 Å². The molecule has 0 saturated heterocycles. The van der Waals surface area contributed by atoms with Crippen LogP contribution in [0.5, 0.6) is 5.75 Å². The maximum absolute atomic E-state index is 5.19. The molecular formula is C17H23N3O. The van der Waals surface area contributed by atoms with Gasteiger partial charge < -0.3 is 9.30 Å². The number of benzene rings is 1. The van der Waals surface area contributed by atoms with Crippen molar-refractivity contribution >= 4 is 0 Å². The largest absolute Gasteiger partial charge is 0.497 e. The van der Waals surface area contributed by atoms with E-state index in [0.717, 1.165) is 37.4 Å². The van der Waals surface area contributed by atoms with Gasteiger partial charge in [0.25, 0.3) is 0 Å². The van der Waals surface area contributed by atoms with Crippen LogP contribution < -0.4 is 4.74 Å². The van der Waals surface area contributed by atoms with Crippen molar-refractivity contribution in [2.24, 2.45) is 0 Å². The first-order valence-corrected chi connectivity index (χ1v) is 7.91. The van der Waals surface area contributed by atoms with Crippen LogP contribution in [0, 0.1) is 0 Å². The second-order valence-corrected chi connectivity index (χ2v) is 5.70. The lowest BCUT2D eigenvalue weighted by atomic mass is 10.1. The number of fused-ring (bicyclic) bond motifs is 1. The molecule has 1 aromatic carbocycles. The van der Waals surface area contributed by atoms with Crippen molar-refractivity contribution in [2.75, 3.05) is 7.11 Å². The quantitative estimate of drug-likeness (QED) is 0.866. The summed E-state index contributed by atoms with van der Waals surface area (Å²) < 4.78 is 7.54. The molecule has 0 aliphatic carbocycles. The Morgan fingerprint density at radius 2 is 1.81 bits per heavy atom. The molecule has 0 amide bonds. The second-order valence-electron chi connectivity index (χ2n) is 5.70. The topological polar surface area (TPSA) is 39.9 Å². The Kier molecular flexibility index (Phi) is 4.53. The maximum Gasteiger partial charge on any atom is 0.133 e. The lowest BCUT2D eigenvalue weighted by molar-refractivity contribution is 0.414. The number of ether oxygens (including phenoxy) is 1. The summed E-state index contributed by atoms with van der Waals surface area (Å²) in [7, 11) is 1.70. The lowest BCUT2D eigenvalue weighted by Crippen LogP contribution is -2.11. The van der Waals surface area contributed by atoms with E-state index in [0.29, 0.717) is 0 Å². The van der Waals surface area contributed by atoms with Crippen LogP contribution >= 0.6 is 0 Å². The van der Waals surface area contributed by atoms with Crippen LogP contribution in [0.2, 0.25) is 0 Å². The van der Waals surface area contributed by atoms with Crippen molar-refractivity contribution < 1.29 is 4.74 Å². The van der Waals surface area contributed by atoms with Gasteiger partial charge in [0.15, 0.2) is 0 Å². The molecule has 0 unspecified atom stereocenters. The first-order valence-electron chi connectivity index (χ1n) is 7.91. The monoisotopic (exact) mass is 285 g/mol. The zero-order valence-electron chi connectivity index (χ0n) is 12.7. The molecule has 3 rings (SSSR count). The molecule has 2 aromatic rings. The first-order chi connectivity index (χ1) is 10.4. The standard InChI is InChI=1S/C17H23N3O/c1-21-15-10-7-14(8-11-15)9-12-17-19-18-16-6-4-2-3-5-13-20(16)17/h7-8,10-11H,2-6,9,12-13H2,1H3. The van der Waals surface area contributed by atoms with Crippen molar-refractivity contribution in [2.45, 2.75) is 51.5 Å². The molecule has 0 atom stereocenters. The Labute approximate surface area is 126 Å². The molecule has 1 aliphatic heterocycles. The van der Waals surface area contributed by atoms with E-state index >= 15 is 0 Å². The summed E-state index contributed by atoms with van der Waals surface area (Å²) in [4.78, 5) is 0. The Morgan fingerprint density at radius 3 is 2.62 bits per heavy atom. The minimum absolute atomic E-state index is 0.909. The second kappa shape index (κ2) is 6.74. The molecule has 21 heavy (non-hydrogen) atoms. The number of aryl methyl sites for hydroxylation is 3. The zero-order valence-corrected chi connectivity index (χ0v) is 12.7. The van der Waals surface area contributed by atoms with Crippen LogP contribution in [-0.2, 0) is 25.8 Å². The van der Waals surface area contributed by atoms with Gasteiger partial charge in [-0.25, -0.2) is 0 Å². The third-order valence-corrected chi connectivity index (χ3v) is 4.23. The highest BCUT2D eigenvalue weighted by atomic mass is 16.5. The predicted molar refractivity (Wildman–Crippen MR) is 82.6 cm³/mol. The van der Waals surface area contributed by atoms with Crippen LogP contribution in [0.4, 0.5) is 0 Å². The number of hydrogen-bond donors (Lipinski definition) is 0. The highest BCUT2D eigenvalue weighted by Gasteiger charge is 2.13. The van der Waals surface area contributed by atoms with Crippen molar-refractivity contribution in [3.05, 3.63) is 41.5 Å². The summed E-state index contributed by atoms with van der Waals surface area (Å²) in [6, 6.07) is 8.29. The molecule has 4 nitrogen and oxygen atoms in total. The maximum atomic E-state index is 5.19. The number of methoxy groups -OCH3 is 1. The zero-order chi connectivity index (χ0) is 14.5. The van der Waals surface area contributed by atoms with Crippen LogP contribution in [0.15, 0.2) is 24.3 Å². The van der Waals surface area contributed by atoms with Crippen LogP contribution in [-0.4, -0.2) is 21.9 Å².